The number of methoxy groups -OCH3 is 2. The lowest BCUT2D eigenvalue weighted by Gasteiger charge is -2.45. The van der Waals surface area contributed by atoms with Crippen molar-refractivity contribution in [1.82, 2.24) is 0 Å². The fourth-order valence-electron chi connectivity index (χ4n) is 2.02. The van der Waals surface area contributed by atoms with Crippen LogP contribution < -0.4 is 9.47 Å². The van der Waals surface area contributed by atoms with E-state index in [1.165, 1.54) is 5.56 Å². The molecule has 1 atom stereocenters. The first-order valence-electron chi connectivity index (χ1n) is 7.01. The van der Waals surface area contributed by atoms with Crippen LogP contribution in [0.4, 0.5) is 0 Å². The Morgan fingerprint density at radius 1 is 1.19 bits per heavy atom. The lowest BCUT2D eigenvalue weighted by atomic mass is 10.0. The minimum Gasteiger partial charge on any atom is -0.493 e. The average Bonchev–Trinajstić information content (AvgIpc) is 2.46. The monoisotopic (exact) mass is 330 g/mol. The highest BCUT2D eigenvalue weighted by molar-refractivity contribution is 8.34. The number of aryl methyl sites for hydroxylation is 1. The maximum atomic E-state index is 5.37. The quantitative estimate of drug-likeness (QED) is 0.451. The highest BCUT2D eigenvalue weighted by Crippen LogP contribution is 2.53. The molecule has 1 aromatic carbocycles. The average molecular weight is 330 g/mol. The van der Waals surface area contributed by atoms with Gasteiger partial charge in [0.1, 0.15) is 0 Å². The van der Waals surface area contributed by atoms with Gasteiger partial charge >= 0.3 is 0 Å². The Labute approximate surface area is 137 Å². The van der Waals surface area contributed by atoms with Gasteiger partial charge in [-0.3, -0.25) is 0 Å². The van der Waals surface area contributed by atoms with Crippen molar-refractivity contribution in [2.45, 2.75) is 24.6 Å². The smallest absolute Gasteiger partial charge is 0.160 e. The Kier molecular flexibility index (Phi) is 6.82. The molecule has 0 aromatic heterocycles. The van der Waals surface area contributed by atoms with Crippen molar-refractivity contribution in [1.29, 1.82) is 0 Å². The first-order chi connectivity index (χ1) is 9.77. The van der Waals surface area contributed by atoms with E-state index in [2.05, 4.69) is 52.3 Å². The Balaban J connectivity index is 2.64. The molecule has 120 valence electrons. The normalized spacial score (nSPS) is 15.3. The molecule has 0 N–H and O–H groups in total. The van der Waals surface area contributed by atoms with Gasteiger partial charge in [0, 0.05) is 0 Å². The molecule has 0 saturated heterocycles. The molecule has 1 rings (SSSR count). The van der Waals surface area contributed by atoms with Crippen LogP contribution in [-0.2, 0) is 10.6 Å². The van der Waals surface area contributed by atoms with Crippen LogP contribution in [0.3, 0.4) is 0 Å². The van der Waals surface area contributed by atoms with E-state index in [0.29, 0.717) is 0 Å². The summed E-state index contributed by atoms with van der Waals surface area (Å²) in [5.41, 5.74) is 1.27. The van der Waals surface area contributed by atoms with Gasteiger partial charge in [-0.2, -0.15) is 0 Å². The lowest BCUT2D eigenvalue weighted by Crippen LogP contribution is -2.34. The topological polar surface area (TPSA) is 27.7 Å². The fraction of sp³-hybridized carbons (Fsp3) is 0.600. The second-order valence-electron chi connectivity index (χ2n) is 6.03. The standard InChI is InChI=1S/C15H27BO3S2/c1-15(16,19-20)21(4,5)10-6-7-12-8-9-13(17-2)14(11-12)18-3/h8-9,11,20H,6-7,10,16H2,1-5H3. The lowest BCUT2D eigenvalue weighted by molar-refractivity contribution is 0.322. The molecule has 0 radical (unpaired) electrons. The van der Waals surface area contributed by atoms with Crippen molar-refractivity contribution in [2.75, 3.05) is 32.5 Å². The molecule has 0 amide bonds. The summed E-state index contributed by atoms with van der Waals surface area (Å²) >= 11 is 4.03. The Morgan fingerprint density at radius 2 is 1.81 bits per heavy atom. The number of hydrogen-bond donors (Lipinski definition) is 1. The Morgan fingerprint density at radius 3 is 2.33 bits per heavy atom. The van der Waals surface area contributed by atoms with Crippen LogP contribution in [0.2, 0.25) is 0 Å². The van der Waals surface area contributed by atoms with Crippen molar-refractivity contribution in [3.63, 3.8) is 0 Å². The van der Waals surface area contributed by atoms with Crippen LogP contribution in [0.1, 0.15) is 18.9 Å². The second kappa shape index (κ2) is 7.70. The molecular weight excluding hydrogens is 303 g/mol. The minimum atomic E-state index is -0.863. The van der Waals surface area contributed by atoms with Crippen LogP contribution in [-0.4, -0.2) is 45.2 Å². The summed E-state index contributed by atoms with van der Waals surface area (Å²) in [6, 6.07) is 6.12. The summed E-state index contributed by atoms with van der Waals surface area (Å²) in [6.45, 7) is 2.12. The van der Waals surface area contributed by atoms with Gasteiger partial charge in [-0.1, -0.05) is 6.07 Å². The Bertz CT molecular complexity index is 464. The zero-order chi connectivity index (χ0) is 16.1. The summed E-state index contributed by atoms with van der Waals surface area (Å²) in [7, 11) is 4.58. The maximum absolute atomic E-state index is 5.37. The summed E-state index contributed by atoms with van der Waals surface area (Å²) in [5, 5.41) is 0. The van der Waals surface area contributed by atoms with Crippen LogP contribution in [0.5, 0.6) is 11.5 Å². The van der Waals surface area contributed by atoms with E-state index < -0.39 is 10.0 Å². The number of hydrogen-bond acceptors (Lipinski definition) is 4. The van der Waals surface area contributed by atoms with E-state index in [9.17, 15) is 0 Å². The molecule has 21 heavy (non-hydrogen) atoms. The molecule has 0 bridgehead atoms. The van der Waals surface area contributed by atoms with Crippen molar-refractivity contribution in [3.05, 3.63) is 23.8 Å². The number of ether oxygens (including phenoxy) is 2. The first kappa shape index (κ1) is 18.6. The van der Waals surface area contributed by atoms with E-state index in [-0.39, 0.29) is 4.83 Å². The number of thiol groups is 1. The SMILES string of the molecule is BC(C)(OS)S(C)(C)CCCc1ccc(OC)c(OC)c1. The Hall–Kier alpha value is -0.455. The molecule has 1 unspecified atom stereocenters. The van der Waals surface area contributed by atoms with Gasteiger partial charge in [0.25, 0.3) is 0 Å². The zero-order valence-corrected chi connectivity index (χ0v) is 15.6. The van der Waals surface area contributed by atoms with Crippen molar-refractivity contribution >= 4 is 30.8 Å². The highest BCUT2D eigenvalue weighted by atomic mass is 32.3. The predicted octanol–water partition coefficient (Wildman–Crippen LogP) is 2.87. The van der Waals surface area contributed by atoms with Crippen LogP contribution in [0.25, 0.3) is 0 Å². The molecular formula is C15H27BO3S2. The maximum Gasteiger partial charge on any atom is 0.160 e. The van der Waals surface area contributed by atoms with E-state index in [1.807, 2.05) is 6.07 Å². The third-order valence-corrected chi connectivity index (χ3v) is 8.75. The van der Waals surface area contributed by atoms with Crippen molar-refractivity contribution < 1.29 is 13.7 Å². The van der Waals surface area contributed by atoms with Crippen molar-refractivity contribution in [3.8, 4) is 11.5 Å². The summed E-state index contributed by atoms with van der Waals surface area (Å²) in [5.74, 6) is 2.71. The first-order valence-corrected chi connectivity index (χ1v) is 10.00. The van der Waals surface area contributed by atoms with Gasteiger partial charge in [-0.05, 0) is 68.6 Å². The highest BCUT2D eigenvalue weighted by Gasteiger charge is 2.32. The molecule has 0 spiro atoms. The fourth-order valence-corrected chi connectivity index (χ4v) is 4.18. The third-order valence-electron chi connectivity index (χ3n) is 4.12. The summed E-state index contributed by atoms with van der Waals surface area (Å²) in [4.78, 5) is -0.173. The molecule has 6 heteroatoms. The van der Waals surface area contributed by atoms with Gasteiger partial charge in [-0.15, -0.1) is 0 Å². The third kappa shape index (κ3) is 4.76. The molecule has 1 aromatic rings. The zero-order valence-electron chi connectivity index (χ0n) is 13.9. The van der Waals surface area contributed by atoms with E-state index in [4.69, 9.17) is 13.7 Å². The number of benzene rings is 1. The van der Waals surface area contributed by atoms with Crippen LogP contribution in [0.15, 0.2) is 18.2 Å². The molecule has 3 nitrogen and oxygen atoms in total. The summed E-state index contributed by atoms with van der Waals surface area (Å²) < 4.78 is 16.0. The van der Waals surface area contributed by atoms with Crippen LogP contribution >= 0.6 is 22.9 Å². The molecule has 0 aliphatic carbocycles. The minimum absolute atomic E-state index is 0.173. The molecule has 0 saturated carbocycles. The number of rotatable bonds is 8. The molecule has 0 aliphatic rings. The van der Waals surface area contributed by atoms with Gasteiger partial charge in [-0.25, -0.2) is 10.0 Å². The van der Waals surface area contributed by atoms with E-state index >= 15 is 0 Å². The van der Waals surface area contributed by atoms with E-state index in [0.717, 1.165) is 30.1 Å². The molecule has 0 aliphatic heterocycles. The molecule has 0 fully saturated rings. The molecule has 0 heterocycles. The van der Waals surface area contributed by atoms with E-state index in [1.54, 1.807) is 14.2 Å². The van der Waals surface area contributed by atoms with Gasteiger partial charge in [0.2, 0.25) is 0 Å². The predicted molar refractivity (Wildman–Crippen MR) is 99.2 cm³/mol. The van der Waals surface area contributed by atoms with Crippen molar-refractivity contribution in [2.24, 2.45) is 0 Å². The summed E-state index contributed by atoms with van der Waals surface area (Å²) in [6.07, 6.45) is 6.76. The van der Waals surface area contributed by atoms with Gasteiger partial charge in [0.15, 0.2) is 19.3 Å². The largest absolute Gasteiger partial charge is 0.493 e. The van der Waals surface area contributed by atoms with Crippen LogP contribution in [0, 0.1) is 0 Å². The second-order valence-corrected chi connectivity index (χ2v) is 10.7. The van der Waals surface area contributed by atoms with Gasteiger partial charge in [0.05, 0.1) is 19.1 Å². The van der Waals surface area contributed by atoms with Gasteiger partial charge < -0.3 is 13.7 Å².